The molecule has 0 aliphatic carbocycles. The SMILES string of the molecule is CCS(=O)(=O)NCC(C)NCc1nncn1C(C)C. The van der Waals surface area contributed by atoms with Crippen molar-refractivity contribution in [3.05, 3.63) is 12.2 Å². The Morgan fingerprint density at radius 2 is 2.05 bits per heavy atom. The highest BCUT2D eigenvalue weighted by molar-refractivity contribution is 7.89. The van der Waals surface area contributed by atoms with Gasteiger partial charge in [-0.1, -0.05) is 0 Å². The van der Waals surface area contributed by atoms with Crippen molar-refractivity contribution in [3.8, 4) is 0 Å². The minimum absolute atomic E-state index is 0.0265. The number of sulfonamides is 1. The fraction of sp³-hybridized carbons (Fsp3) is 0.818. The number of rotatable bonds is 8. The van der Waals surface area contributed by atoms with Crippen LogP contribution >= 0.6 is 0 Å². The Balaban J connectivity index is 2.42. The molecule has 2 N–H and O–H groups in total. The molecular weight excluding hydrogens is 266 g/mol. The van der Waals surface area contributed by atoms with E-state index in [2.05, 4.69) is 34.1 Å². The van der Waals surface area contributed by atoms with Gasteiger partial charge in [0.25, 0.3) is 0 Å². The van der Waals surface area contributed by atoms with Crippen LogP contribution in [0.4, 0.5) is 0 Å². The first kappa shape index (κ1) is 16.1. The van der Waals surface area contributed by atoms with E-state index in [9.17, 15) is 8.42 Å². The van der Waals surface area contributed by atoms with E-state index in [1.807, 2.05) is 11.5 Å². The second-order valence-electron chi connectivity index (χ2n) is 4.78. The van der Waals surface area contributed by atoms with Crippen LogP contribution in [-0.2, 0) is 16.6 Å². The largest absolute Gasteiger partial charge is 0.314 e. The molecule has 1 rings (SSSR count). The molecule has 110 valence electrons. The minimum atomic E-state index is -3.13. The summed E-state index contributed by atoms with van der Waals surface area (Å²) in [5.74, 6) is 0.946. The van der Waals surface area contributed by atoms with Crippen LogP contribution in [0.25, 0.3) is 0 Å². The van der Waals surface area contributed by atoms with E-state index in [1.54, 1.807) is 13.3 Å². The van der Waals surface area contributed by atoms with E-state index in [-0.39, 0.29) is 11.8 Å². The van der Waals surface area contributed by atoms with Crippen LogP contribution in [0.5, 0.6) is 0 Å². The van der Waals surface area contributed by atoms with Gasteiger partial charge in [0.1, 0.15) is 12.2 Å². The first-order chi connectivity index (χ1) is 8.85. The van der Waals surface area contributed by atoms with Crippen molar-refractivity contribution in [1.29, 1.82) is 0 Å². The first-order valence-corrected chi connectivity index (χ1v) is 8.10. The fourth-order valence-electron chi connectivity index (χ4n) is 1.52. The summed E-state index contributed by atoms with van der Waals surface area (Å²) in [6, 6.07) is 0.333. The molecule has 0 fully saturated rings. The Morgan fingerprint density at radius 1 is 1.37 bits per heavy atom. The van der Waals surface area contributed by atoms with Crippen molar-refractivity contribution in [2.75, 3.05) is 12.3 Å². The molecule has 19 heavy (non-hydrogen) atoms. The number of nitrogens with zero attached hydrogens (tertiary/aromatic N) is 3. The lowest BCUT2D eigenvalue weighted by Gasteiger charge is -2.15. The van der Waals surface area contributed by atoms with Gasteiger partial charge in [-0.15, -0.1) is 10.2 Å². The molecule has 0 spiro atoms. The molecule has 1 unspecified atom stereocenters. The van der Waals surface area contributed by atoms with E-state index in [0.29, 0.717) is 19.1 Å². The molecule has 7 nitrogen and oxygen atoms in total. The molecule has 0 aliphatic rings. The molecule has 0 amide bonds. The number of aromatic nitrogens is 3. The summed E-state index contributed by atoms with van der Waals surface area (Å²) in [7, 11) is -3.13. The van der Waals surface area contributed by atoms with Gasteiger partial charge < -0.3 is 9.88 Å². The zero-order chi connectivity index (χ0) is 14.5. The average Bonchev–Trinajstić information content (AvgIpc) is 2.82. The third-order valence-electron chi connectivity index (χ3n) is 2.80. The molecule has 0 radical (unpaired) electrons. The monoisotopic (exact) mass is 289 g/mol. The van der Waals surface area contributed by atoms with Crippen molar-refractivity contribution in [2.45, 2.75) is 46.3 Å². The van der Waals surface area contributed by atoms with E-state index >= 15 is 0 Å². The van der Waals surface area contributed by atoms with Gasteiger partial charge >= 0.3 is 0 Å². The molecule has 0 aromatic carbocycles. The maximum atomic E-state index is 11.3. The van der Waals surface area contributed by atoms with E-state index in [1.165, 1.54) is 0 Å². The summed E-state index contributed by atoms with van der Waals surface area (Å²) >= 11 is 0. The maximum Gasteiger partial charge on any atom is 0.211 e. The van der Waals surface area contributed by atoms with Crippen molar-refractivity contribution < 1.29 is 8.42 Å². The van der Waals surface area contributed by atoms with Gasteiger partial charge in [-0.3, -0.25) is 0 Å². The summed E-state index contributed by atoms with van der Waals surface area (Å²) in [5, 5.41) is 11.2. The van der Waals surface area contributed by atoms with E-state index in [4.69, 9.17) is 0 Å². The number of hydrogen-bond acceptors (Lipinski definition) is 5. The smallest absolute Gasteiger partial charge is 0.211 e. The zero-order valence-corrected chi connectivity index (χ0v) is 12.7. The predicted octanol–water partition coefficient (Wildman–Crippen LogP) is 0.276. The molecule has 0 bridgehead atoms. The Morgan fingerprint density at radius 3 is 2.63 bits per heavy atom. The van der Waals surface area contributed by atoms with Gasteiger partial charge in [0, 0.05) is 18.6 Å². The standard InChI is InChI=1S/C11H23N5O2S/c1-5-19(17,18)14-6-10(4)12-7-11-15-13-8-16(11)9(2)3/h8-10,12,14H,5-7H2,1-4H3. The lowest BCUT2D eigenvalue weighted by molar-refractivity contribution is 0.490. The van der Waals surface area contributed by atoms with Gasteiger partial charge in [0.05, 0.1) is 12.3 Å². The molecule has 8 heteroatoms. The maximum absolute atomic E-state index is 11.3. The van der Waals surface area contributed by atoms with Crippen LogP contribution in [0, 0.1) is 0 Å². The van der Waals surface area contributed by atoms with Crippen molar-refractivity contribution in [2.24, 2.45) is 0 Å². The minimum Gasteiger partial charge on any atom is -0.314 e. The van der Waals surface area contributed by atoms with Crippen LogP contribution in [-0.4, -0.2) is 41.5 Å². The topological polar surface area (TPSA) is 88.9 Å². The van der Waals surface area contributed by atoms with Gasteiger partial charge in [-0.05, 0) is 27.7 Å². The highest BCUT2D eigenvalue weighted by atomic mass is 32.2. The number of nitrogens with one attached hydrogen (secondary N) is 2. The van der Waals surface area contributed by atoms with Gasteiger partial charge in [-0.2, -0.15) is 0 Å². The fourth-order valence-corrected chi connectivity index (χ4v) is 2.22. The van der Waals surface area contributed by atoms with Gasteiger partial charge in [-0.25, -0.2) is 13.1 Å². The third-order valence-corrected chi connectivity index (χ3v) is 4.17. The van der Waals surface area contributed by atoms with Crippen LogP contribution in [0.3, 0.4) is 0 Å². The average molecular weight is 289 g/mol. The first-order valence-electron chi connectivity index (χ1n) is 6.44. The van der Waals surface area contributed by atoms with Crippen LogP contribution in [0.2, 0.25) is 0 Å². The van der Waals surface area contributed by atoms with Crippen LogP contribution < -0.4 is 10.0 Å². The highest BCUT2D eigenvalue weighted by Gasteiger charge is 2.11. The second kappa shape index (κ2) is 6.97. The van der Waals surface area contributed by atoms with Crippen LogP contribution in [0.15, 0.2) is 6.33 Å². The molecule has 0 saturated heterocycles. The second-order valence-corrected chi connectivity index (χ2v) is 6.88. The van der Waals surface area contributed by atoms with Gasteiger partial charge in [0.2, 0.25) is 10.0 Å². The Labute approximate surface area is 114 Å². The zero-order valence-electron chi connectivity index (χ0n) is 11.9. The lowest BCUT2D eigenvalue weighted by Crippen LogP contribution is -2.39. The molecule has 0 saturated carbocycles. The van der Waals surface area contributed by atoms with Crippen LogP contribution in [0.1, 0.15) is 39.6 Å². The molecule has 1 atom stereocenters. The molecule has 0 aliphatic heterocycles. The highest BCUT2D eigenvalue weighted by Crippen LogP contribution is 2.06. The normalized spacial score (nSPS) is 13.9. The molecule has 1 aromatic heterocycles. The summed E-state index contributed by atoms with van der Waals surface area (Å²) in [4.78, 5) is 0. The van der Waals surface area contributed by atoms with E-state index in [0.717, 1.165) is 5.82 Å². The Bertz CT molecular complexity index is 483. The van der Waals surface area contributed by atoms with Crippen molar-refractivity contribution >= 4 is 10.0 Å². The number of hydrogen-bond donors (Lipinski definition) is 2. The predicted molar refractivity (Wildman–Crippen MR) is 74.2 cm³/mol. The summed E-state index contributed by atoms with van der Waals surface area (Å²) in [6.45, 7) is 8.59. The van der Waals surface area contributed by atoms with Crippen molar-refractivity contribution in [3.63, 3.8) is 0 Å². The Hall–Kier alpha value is -0.990. The molecule has 1 heterocycles. The van der Waals surface area contributed by atoms with Gasteiger partial charge in [0.15, 0.2) is 0 Å². The third kappa shape index (κ3) is 5.25. The lowest BCUT2D eigenvalue weighted by atomic mass is 10.3. The van der Waals surface area contributed by atoms with E-state index < -0.39 is 10.0 Å². The summed E-state index contributed by atoms with van der Waals surface area (Å²) < 4.78 is 27.2. The summed E-state index contributed by atoms with van der Waals surface area (Å²) in [6.07, 6.45) is 1.70. The molecular formula is C11H23N5O2S. The molecule has 1 aromatic rings. The van der Waals surface area contributed by atoms with Crippen molar-refractivity contribution in [1.82, 2.24) is 24.8 Å². The quantitative estimate of drug-likeness (QED) is 0.717. The Kier molecular flexibility index (Phi) is 5.89. The summed E-state index contributed by atoms with van der Waals surface area (Å²) in [5.41, 5.74) is 0.